The third-order valence-electron chi connectivity index (χ3n) is 2.64. The average Bonchev–Trinajstić information content (AvgIpc) is 2.68. The molecule has 1 aromatic rings. The lowest BCUT2D eigenvalue weighted by Gasteiger charge is -2.22. The fourth-order valence-electron chi connectivity index (χ4n) is 1.88. The summed E-state index contributed by atoms with van der Waals surface area (Å²) in [6.07, 6.45) is 4.41. The first kappa shape index (κ1) is 9.68. The molecule has 4 nitrogen and oxygen atoms in total. The predicted octanol–water partition coefficient (Wildman–Crippen LogP) is 0.954. The highest BCUT2D eigenvalue weighted by Gasteiger charge is 2.15. The van der Waals surface area contributed by atoms with E-state index in [1.807, 2.05) is 6.07 Å². The number of hydrogen-bond acceptors (Lipinski definition) is 3. The lowest BCUT2D eigenvalue weighted by molar-refractivity contribution is 0.180. The van der Waals surface area contributed by atoms with Crippen LogP contribution >= 0.6 is 0 Å². The molecule has 0 bridgehead atoms. The van der Waals surface area contributed by atoms with E-state index in [0.29, 0.717) is 12.6 Å². The SMILES string of the molecule is COCc1ccn(C2CCNCC2)n1. The Balaban J connectivity index is 2.00. The molecule has 1 N–H and O–H groups in total. The minimum Gasteiger partial charge on any atom is -0.378 e. The molecule has 0 radical (unpaired) electrons. The number of nitrogens with one attached hydrogen (secondary N) is 1. The normalized spacial score (nSPS) is 18.6. The van der Waals surface area contributed by atoms with Crippen LogP contribution in [0.3, 0.4) is 0 Å². The Labute approximate surface area is 84.3 Å². The molecule has 0 atom stereocenters. The molecule has 1 saturated heterocycles. The van der Waals surface area contributed by atoms with E-state index in [1.54, 1.807) is 7.11 Å². The summed E-state index contributed by atoms with van der Waals surface area (Å²) >= 11 is 0. The van der Waals surface area contributed by atoms with E-state index in [0.717, 1.165) is 18.8 Å². The highest BCUT2D eigenvalue weighted by molar-refractivity contribution is 4.98. The summed E-state index contributed by atoms with van der Waals surface area (Å²) in [5.41, 5.74) is 1.02. The summed E-state index contributed by atoms with van der Waals surface area (Å²) in [5.74, 6) is 0. The monoisotopic (exact) mass is 195 g/mol. The molecule has 0 unspecified atom stereocenters. The van der Waals surface area contributed by atoms with Gasteiger partial charge in [0.05, 0.1) is 18.3 Å². The number of rotatable bonds is 3. The number of hydrogen-bond donors (Lipinski definition) is 1. The number of ether oxygens (including phenoxy) is 1. The van der Waals surface area contributed by atoms with Gasteiger partial charge in [0.15, 0.2) is 0 Å². The summed E-state index contributed by atoms with van der Waals surface area (Å²) in [5, 5.41) is 7.84. The van der Waals surface area contributed by atoms with Crippen molar-refractivity contribution in [3.8, 4) is 0 Å². The summed E-state index contributed by atoms with van der Waals surface area (Å²) in [7, 11) is 1.70. The van der Waals surface area contributed by atoms with Gasteiger partial charge in [-0.1, -0.05) is 0 Å². The first-order valence-electron chi connectivity index (χ1n) is 5.14. The fourth-order valence-corrected chi connectivity index (χ4v) is 1.88. The number of aromatic nitrogens is 2. The van der Waals surface area contributed by atoms with Gasteiger partial charge in [-0.3, -0.25) is 4.68 Å². The molecule has 1 aromatic heterocycles. The van der Waals surface area contributed by atoms with Crippen LogP contribution < -0.4 is 5.32 Å². The van der Waals surface area contributed by atoms with Gasteiger partial charge in [0, 0.05) is 13.3 Å². The van der Waals surface area contributed by atoms with E-state index in [2.05, 4.69) is 21.3 Å². The summed E-state index contributed by atoms with van der Waals surface area (Å²) in [6.45, 7) is 2.81. The number of piperidine rings is 1. The molecular formula is C10H17N3O. The van der Waals surface area contributed by atoms with Gasteiger partial charge in [-0.15, -0.1) is 0 Å². The molecule has 0 saturated carbocycles. The second-order valence-corrected chi connectivity index (χ2v) is 3.70. The van der Waals surface area contributed by atoms with Crippen LogP contribution in [0.25, 0.3) is 0 Å². The lowest BCUT2D eigenvalue weighted by Crippen LogP contribution is -2.29. The smallest absolute Gasteiger partial charge is 0.0902 e. The van der Waals surface area contributed by atoms with Crippen molar-refractivity contribution in [3.05, 3.63) is 18.0 Å². The van der Waals surface area contributed by atoms with Crippen LogP contribution in [0.5, 0.6) is 0 Å². The molecule has 1 fully saturated rings. The molecule has 2 heterocycles. The largest absolute Gasteiger partial charge is 0.378 e. The van der Waals surface area contributed by atoms with Crippen molar-refractivity contribution in [2.45, 2.75) is 25.5 Å². The Morgan fingerprint density at radius 1 is 1.57 bits per heavy atom. The first-order chi connectivity index (χ1) is 6.90. The predicted molar refractivity (Wildman–Crippen MR) is 54.1 cm³/mol. The van der Waals surface area contributed by atoms with Crippen molar-refractivity contribution in [3.63, 3.8) is 0 Å². The summed E-state index contributed by atoms with van der Waals surface area (Å²) in [6, 6.07) is 2.60. The van der Waals surface area contributed by atoms with Crippen molar-refractivity contribution in [1.82, 2.24) is 15.1 Å². The Morgan fingerprint density at radius 2 is 2.36 bits per heavy atom. The minimum absolute atomic E-state index is 0.571. The maximum Gasteiger partial charge on any atom is 0.0902 e. The van der Waals surface area contributed by atoms with E-state index in [-0.39, 0.29) is 0 Å². The van der Waals surface area contributed by atoms with Crippen LogP contribution in [0.15, 0.2) is 12.3 Å². The maximum absolute atomic E-state index is 5.04. The van der Waals surface area contributed by atoms with Gasteiger partial charge in [-0.05, 0) is 32.0 Å². The van der Waals surface area contributed by atoms with Crippen LogP contribution in [-0.2, 0) is 11.3 Å². The van der Waals surface area contributed by atoms with Crippen LogP contribution in [0.4, 0.5) is 0 Å². The Morgan fingerprint density at radius 3 is 3.07 bits per heavy atom. The summed E-state index contributed by atoms with van der Waals surface area (Å²) < 4.78 is 7.12. The van der Waals surface area contributed by atoms with Crippen LogP contribution in [0, 0.1) is 0 Å². The zero-order valence-electron chi connectivity index (χ0n) is 8.57. The molecule has 0 aromatic carbocycles. The zero-order chi connectivity index (χ0) is 9.80. The van der Waals surface area contributed by atoms with E-state index in [4.69, 9.17) is 4.74 Å². The van der Waals surface area contributed by atoms with E-state index in [9.17, 15) is 0 Å². The quantitative estimate of drug-likeness (QED) is 0.780. The van der Waals surface area contributed by atoms with Crippen molar-refractivity contribution in [1.29, 1.82) is 0 Å². The van der Waals surface area contributed by atoms with Gasteiger partial charge in [-0.2, -0.15) is 5.10 Å². The van der Waals surface area contributed by atoms with Gasteiger partial charge in [-0.25, -0.2) is 0 Å². The third-order valence-corrected chi connectivity index (χ3v) is 2.64. The van der Waals surface area contributed by atoms with Gasteiger partial charge in [0.1, 0.15) is 0 Å². The van der Waals surface area contributed by atoms with Crippen molar-refractivity contribution in [2.24, 2.45) is 0 Å². The van der Waals surface area contributed by atoms with Crippen LogP contribution in [0.2, 0.25) is 0 Å². The molecule has 14 heavy (non-hydrogen) atoms. The second kappa shape index (κ2) is 4.57. The molecule has 78 valence electrons. The summed E-state index contributed by atoms with van der Waals surface area (Å²) in [4.78, 5) is 0. The van der Waals surface area contributed by atoms with Gasteiger partial charge in [0.2, 0.25) is 0 Å². The molecule has 2 rings (SSSR count). The molecule has 0 spiro atoms. The van der Waals surface area contributed by atoms with Crippen LogP contribution in [0.1, 0.15) is 24.6 Å². The molecular weight excluding hydrogens is 178 g/mol. The molecule has 1 aliphatic heterocycles. The number of methoxy groups -OCH3 is 1. The van der Waals surface area contributed by atoms with Gasteiger partial charge in [0.25, 0.3) is 0 Å². The van der Waals surface area contributed by atoms with Crippen molar-refractivity contribution >= 4 is 0 Å². The average molecular weight is 195 g/mol. The minimum atomic E-state index is 0.571. The molecule has 0 aliphatic carbocycles. The Kier molecular flexibility index (Phi) is 3.16. The lowest BCUT2D eigenvalue weighted by atomic mass is 10.1. The van der Waals surface area contributed by atoms with Gasteiger partial charge < -0.3 is 10.1 Å². The second-order valence-electron chi connectivity index (χ2n) is 3.70. The van der Waals surface area contributed by atoms with Crippen molar-refractivity contribution in [2.75, 3.05) is 20.2 Å². The van der Waals surface area contributed by atoms with E-state index in [1.165, 1.54) is 12.8 Å². The van der Waals surface area contributed by atoms with E-state index >= 15 is 0 Å². The van der Waals surface area contributed by atoms with Crippen LogP contribution in [-0.4, -0.2) is 30.0 Å². The first-order valence-corrected chi connectivity index (χ1v) is 5.14. The zero-order valence-corrected chi connectivity index (χ0v) is 8.57. The molecule has 0 amide bonds. The van der Waals surface area contributed by atoms with E-state index < -0.39 is 0 Å². The topological polar surface area (TPSA) is 39.1 Å². The maximum atomic E-state index is 5.04. The molecule has 1 aliphatic rings. The third kappa shape index (κ3) is 2.13. The highest BCUT2D eigenvalue weighted by Crippen LogP contribution is 2.17. The standard InChI is InChI=1S/C10H17N3O/c1-14-8-9-4-7-13(12-9)10-2-5-11-6-3-10/h4,7,10-11H,2-3,5-6,8H2,1H3. The fraction of sp³-hybridized carbons (Fsp3) is 0.700. The Bertz CT molecular complexity index is 279. The van der Waals surface area contributed by atoms with Crippen molar-refractivity contribution < 1.29 is 4.74 Å². The highest BCUT2D eigenvalue weighted by atomic mass is 16.5. The number of nitrogens with zero attached hydrogens (tertiary/aromatic N) is 2. The van der Waals surface area contributed by atoms with Gasteiger partial charge >= 0.3 is 0 Å². The Hall–Kier alpha value is -0.870. The molecule has 4 heteroatoms.